The lowest BCUT2D eigenvalue weighted by molar-refractivity contribution is 0.475. The molecule has 1 aliphatic rings. The van der Waals surface area contributed by atoms with E-state index in [0.29, 0.717) is 18.1 Å². The maximum Gasteiger partial charge on any atom is 0.347 e. The lowest BCUT2D eigenvalue weighted by atomic mass is 10.1. The van der Waals surface area contributed by atoms with E-state index >= 15 is 0 Å². The average molecular weight is 258 g/mol. The van der Waals surface area contributed by atoms with E-state index in [1.807, 2.05) is 6.07 Å². The molecule has 0 saturated heterocycles. The van der Waals surface area contributed by atoms with Gasteiger partial charge in [-0.25, -0.2) is 4.79 Å². The van der Waals surface area contributed by atoms with Gasteiger partial charge in [0.1, 0.15) is 11.6 Å². The van der Waals surface area contributed by atoms with Crippen LogP contribution in [0.2, 0.25) is 0 Å². The zero-order valence-electron chi connectivity index (χ0n) is 10.2. The van der Waals surface area contributed by atoms with Gasteiger partial charge in [-0.3, -0.25) is 0 Å². The molecular formula is C13H14N4O2. The minimum atomic E-state index is -0.370. The number of nitrogens with zero attached hydrogens (tertiary/aromatic N) is 1. The minimum absolute atomic E-state index is 0.172. The van der Waals surface area contributed by atoms with Crippen molar-refractivity contribution >= 4 is 11.5 Å². The van der Waals surface area contributed by atoms with Crippen LogP contribution in [0, 0.1) is 0 Å². The Hall–Kier alpha value is -2.34. The van der Waals surface area contributed by atoms with Gasteiger partial charge in [-0.05, 0) is 25.1 Å². The molecule has 98 valence electrons. The third kappa shape index (κ3) is 2.43. The number of nitrogens with one attached hydrogen (secondary N) is 3. The van der Waals surface area contributed by atoms with Gasteiger partial charge in [0.15, 0.2) is 0 Å². The summed E-state index contributed by atoms with van der Waals surface area (Å²) in [5, 5.41) is 15.7. The molecule has 0 radical (unpaired) electrons. The highest BCUT2D eigenvalue weighted by molar-refractivity contribution is 5.61. The lowest BCUT2D eigenvalue weighted by Crippen LogP contribution is -2.29. The van der Waals surface area contributed by atoms with E-state index in [0.717, 1.165) is 24.2 Å². The van der Waals surface area contributed by atoms with E-state index in [1.54, 1.807) is 18.2 Å². The lowest BCUT2D eigenvalue weighted by Gasteiger charge is -2.19. The molecule has 1 aliphatic heterocycles. The van der Waals surface area contributed by atoms with Gasteiger partial charge < -0.3 is 20.7 Å². The number of anilines is 2. The van der Waals surface area contributed by atoms with Crippen LogP contribution in [0.1, 0.15) is 11.3 Å². The highest BCUT2D eigenvalue weighted by Gasteiger charge is 2.15. The van der Waals surface area contributed by atoms with Gasteiger partial charge in [-0.15, -0.1) is 0 Å². The number of hydrogen-bond donors (Lipinski definition) is 4. The summed E-state index contributed by atoms with van der Waals surface area (Å²) in [6, 6.07) is 6.74. The van der Waals surface area contributed by atoms with Gasteiger partial charge in [0, 0.05) is 29.6 Å². The van der Waals surface area contributed by atoms with E-state index in [-0.39, 0.29) is 11.4 Å². The van der Waals surface area contributed by atoms with Crippen LogP contribution in [0.5, 0.6) is 5.75 Å². The Bertz CT molecular complexity index is 666. The van der Waals surface area contributed by atoms with Crippen molar-refractivity contribution in [3.8, 4) is 5.75 Å². The van der Waals surface area contributed by atoms with Crippen LogP contribution in [-0.4, -0.2) is 21.6 Å². The molecule has 0 saturated carbocycles. The predicted octanol–water partition coefficient (Wildman–Crippen LogP) is 0.865. The second-order valence-corrected chi connectivity index (χ2v) is 4.45. The summed E-state index contributed by atoms with van der Waals surface area (Å²) in [5.41, 5.74) is 2.22. The third-order valence-corrected chi connectivity index (χ3v) is 3.08. The van der Waals surface area contributed by atoms with Gasteiger partial charge >= 0.3 is 5.69 Å². The molecule has 0 spiro atoms. The van der Waals surface area contributed by atoms with Crippen molar-refractivity contribution in [1.82, 2.24) is 15.3 Å². The van der Waals surface area contributed by atoms with Gasteiger partial charge in [0.25, 0.3) is 0 Å². The molecule has 4 N–H and O–H groups in total. The molecule has 0 bridgehead atoms. The topological polar surface area (TPSA) is 90.0 Å². The van der Waals surface area contributed by atoms with E-state index in [4.69, 9.17) is 0 Å². The van der Waals surface area contributed by atoms with Crippen LogP contribution in [0.4, 0.5) is 11.5 Å². The van der Waals surface area contributed by atoms with Gasteiger partial charge in [-0.1, -0.05) is 6.07 Å². The predicted molar refractivity (Wildman–Crippen MR) is 71.7 cm³/mol. The number of benzene rings is 1. The van der Waals surface area contributed by atoms with Crippen molar-refractivity contribution in [1.29, 1.82) is 0 Å². The highest BCUT2D eigenvalue weighted by Crippen LogP contribution is 2.23. The molecule has 0 aliphatic carbocycles. The Kier molecular flexibility index (Phi) is 2.92. The number of aromatic nitrogens is 2. The molecule has 0 unspecified atom stereocenters. The van der Waals surface area contributed by atoms with Crippen molar-refractivity contribution in [3.05, 3.63) is 46.0 Å². The fraction of sp³-hybridized carbons (Fsp3) is 0.231. The molecule has 2 aromatic rings. The Morgan fingerprint density at radius 2 is 2.26 bits per heavy atom. The fourth-order valence-corrected chi connectivity index (χ4v) is 2.22. The number of fused-ring (bicyclic) bond motifs is 1. The Morgan fingerprint density at radius 3 is 3.11 bits per heavy atom. The van der Waals surface area contributed by atoms with Gasteiger partial charge in [0.2, 0.25) is 0 Å². The molecule has 3 rings (SSSR count). The van der Waals surface area contributed by atoms with E-state index < -0.39 is 0 Å². The van der Waals surface area contributed by atoms with E-state index in [9.17, 15) is 9.90 Å². The maximum atomic E-state index is 11.5. The summed E-state index contributed by atoms with van der Waals surface area (Å²) < 4.78 is 0. The largest absolute Gasteiger partial charge is 0.508 e. The maximum absolute atomic E-state index is 11.5. The van der Waals surface area contributed by atoms with Crippen LogP contribution in [-0.2, 0) is 13.0 Å². The molecule has 6 nitrogen and oxygen atoms in total. The summed E-state index contributed by atoms with van der Waals surface area (Å²) in [7, 11) is 0. The second kappa shape index (κ2) is 4.74. The molecule has 0 fully saturated rings. The summed E-state index contributed by atoms with van der Waals surface area (Å²) >= 11 is 0. The minimum Gasteiger partial charge on any atom is -0.508 e. The van der Waals surface area contributed by atoms with E-state index in [1.165, 1.54) is 0 Å². The monoisotopic (exact) mass is 258 g/mol. The Labute approximate surface area is 109 Å². The zero-order valence-corrected chi connectivity index (χ0v) is 10.2. The molecule has 6 heteroatoms. The number of rotatable bonds is 2. The highest BCUT2D eigenvalue weighted by atomic mass is 16.3. The van der Waals surface area contributed by atoms with Crippen molar-refractivity contribution in [2.45, 2.75) is 13.0 Å². The van der Waals surface area contributed by atoms with Crippen LogP contribution in [0.25, 0.3) is 0 Å². The molecule has 1 aromatic heterocycles. The first-order chi connectivity index (χ1) is 9.22. The summed E-state index contributed by atoms with van der Waals surface area (Å²) in [6.07, 6.45) is 0.806. The molecular weight excluding hydrogens is 244 g/mol. The normalized spacial score (nSPS) is 13.9. The van der Waals surface area contributed by atoms with Crippen LogP contribution in [0.3, 0.4) is 0 Å². The number of phenols is 1. The van der Waals surface area contributed by atoms with Crippen LogP contribution < -0.4 is 16.3 Å². The fourth-order valence-electron chi connectivity index (χ4n) is 2.22. The molecule has 19 heavy (non-hydrogen) atoms. The summed E-state index contributed by atoms with van der Waals surface area (Å²) in [4.78, 5) is 18.3. The number of H-pyrrole nitrogens is 1. The SMILES string of the molecule is O=c1nc(Nc2cccc(O)c2)c2c([nH]1)CNCC2. The van der Waals surface area contributed by atoms with Crippen molar-refractivity contribution < 1.29 is 5.11 Å². The number of phenolic OH excluding ortho intramolecular Hbond substituents is 1. The first kappa shape index (κ1) is 11.7. The molecule has 0 atom stereocenters. The quantitative estimate of drug-likeness (QED) is 0.641. The first-order valence-electron chi connectivity index (χ1n) is 6.11. The first-order valence-corrected chi connectivity index (χ1v) is 6.11. The standard InChI is InChI=1S/C13H14N4O2/c18-9-3-1-2-8(6-9)15-12-10-4-5-14-7-11(10)16-13(19)17-12/h1-3,6,14,18H,4-5,7H2,(H2,15,16,17,19). The average Bonchev–Trinajstić information content (AvgIpc) is 2.38. The van der Waals surface area contributed by atoms with Gasteiger partial charge in [0.05, 0.1) is 0 Å². The Balaban J connectivity index is 2.00. The zero-order chi connectivity index (χ0) is 13.2. The van der Waals surface area contributed by atoms with E-state index in [2.05, 4.69) is 20.6 Å². The smallest absolute Gasteiger partial charge is 0.347 e. The number of aromatic hydroxyl groups is 1. The van der Waals surface area contributed by atoms with Crippen molar-refractivity contribution in [2.75, 3.05) is 11.9 Å². The second-order valence-electron chi connectivity index (χ2n) is 4.45. The molecule has 1 aromatic carbocycles. The van der Waals surface area contributed by atoms with Crippen LogP contribution >= 0.6 is 0 Å². The molecule has 2 heterocycles. The summed E-state index contributed by atoms with van der Waals surface area (Å²) in [5.74, 6) is 0.733. The third-order valence-electron chi connectivity index (χ3n) is 3.08. The van der Waals surface area contributed by atoms with Crippen LogP contribution in [0.15, 0.2) is 29.1 Å². The Morgan fingerprint density at radius 1 is 1.37 bits per heavy atom. The van der Waals surface area contributed by atoms with Crippen molar-refractivity contribution in [3.63, 3.8) is 0 Å². The summed E-state index contributed by atoms with van der Waals surface area (Å²) in [6.45, 7) is 1.50. The number of aromatic amines is 1. The molecule has 0 amide bonds. The van der Waals surface area contributed by atoms with Crippen molar-refractivity contribution in [2.24, 2.45) is 0 Å². The number of hydrogen-bond acceptors (Lipinski definition) is 5. The van der Waals surface area contributed by atoms with Gasteiger partial charge in [-0.2, -0.15) is 4.98 Å².